The molecule has 0 bridgehead atoms. The molecule has 5 atom stereocenters. The molecule has 1 saturated heterocycles. The Balaban J connectivity index is 2.04. The van der Waals surface area contributed by atoms with Crippen molar-refractivity contribution in [1.82, 2.24) is 0 Å². The predicted molar refractivity (Wildman–Crippen MR) is 68.2 cm³/mol. The van der Waals surface area contributed by atoms with Crippen LogP contribution >= 0.6 is 0 Å². The minimum atomic E-state index is -1.02. The van der Waals surface area contributed by atoms with E-state index in [0.717, 1.165) is 5.57 Å². The minimum Gasteiger partial charge on any atom is -0.462 e. The van der Waals surface area contributed by atoms with Crippen LogP contribution in [-0.2, 0) is 14.3 Å². The van der Waals surface area contributed by atoms with Gasteiger partial charge in [-0.15, -0.1) is 0 Å². The highest BCUT2D eigenvalue weighted by Crippen LogP contribution is 2.50. The number of fused-ring (bicyclic) bond motifs is 2. The molecule has 3 aliphatic rings. The van der Waals surface area contributed by atoms with E-state index in [0.29, 0.717) is 18.4 Å². The fourth-order valence-corrected chi connectivity index (χ4v) is 3.93. The zero-order valence-electron chi connectivity index (χ0n) is 11.6. The number of carbonyl (C=O) groups excluding carboxylic acids is 2. The lowest BCUT2D eigenvalue weighted by atomic mass is 9.81. The first kappa shape index (κ1) is 12.9. The summed E-state index contributed by atoms with van der Waals surface area (Å²) in [6.07, 6.45) is 1.33. The van der Waals surface area contributed by atoms with Gasteiger partial charge in [-0.25, -0.2) is 0 Å². The molecule has 0 aromatic carbocycles. The van der Waals surface area contributed by atoms with E-state index >= 15 is 0 Å². The maximum Gasteiger partial charge on any atom is 0.309 e. The monoisotopic (exact) mass is 264 g/mol. The molecular formula is C15H20O4. The zero-order valence-corrected chi connectivity index (χ0v) is 11.6. The van der Waals surface area contributed by atoms with Crippen molar-refractivity contribution in [2.45, 2.75) is 51.7 Å². The van der Waals surface area contributed by atoms with Crippen LogP contribution in [0.4, 0.5) is 0 Å². The minimum absolute atomic E-state index is 0.0423. The van der Waals surface area contributed by atoms with Crippen molar-refractivity contribution < 1.29 is 19.4 Å². The van der Waals surface area contributed by atoms with Crippen LogP contribution in [0.1, 0.15) is 40.0 Å². The fourth-order valence-electron chi connectivity index (χ4n) is 3.93. The van der Waals surface area contributed by atoms with Gasteiger partial charge in [-0.1, -0.05) is 13.8 Å². The summed E-state index contributed by atoms with van der Waals surface area (Å²) >= 11 is 0. The molecular weight excluding hydrogens is 244 g/mol. The standard InChI is InChI=1S/C15H20O4/c1-7-4-13-10(8(2)14(17)19-13)5-11-9(3)12(16)6-15(7,11)18/h7-8,10,13,18H,4-6H2,1-3H3/t7-,8+,10+,13+,15+/m0/s1. The van der Waals surface area contributed by atoms with Gasteiger partial charge in [-0.05, 0) is 36.8 Å². The number of allylic oxidation sites excluding steroid dienone is 1. The molecule has 0 amide bonds. The maximum absolute atomic E-state index is 11.9. The van der Waals surface area contributed by atoms with Gasteiger partial charge in [-0.2, -0.15) is 0 Å². The molecule has 3 rings (SSSR count). The second-order valence-electron chi connectivity index (χ2n) is 6.40. The number of Topliss-reactive ketones (excluding diaryl/α,β-unsaturated/α-hetero) is 1. The summed E-state index contributed by atoms with van der Waals surface area (Å²) in [7, 11) is 0. The molecule has 2 fully saturated rings. The average molecular weight is 264 g/mol. The number of ether oxygens (including phenoxy) is 1. The van der Waals surface area contributed by atoms with Gasteiger partial charge in [0.15, 0.2) is 5.78 Å². The van der Waals surface area contributed by atoms with Gasteiger partial charge in [0.1, 0.15) is 6.10 Å². The van der Waals surface area contributed by atoms with Gasteiger partial charge in [-0.3, -0.25) is 9.59 Å². The summed E-state index contributed by atoms with van der Waals surface area (Å²) < 4.78 is 5.44. The lowest BCUT2D eigenvalue weighted by Gasteiger charge is -2.31. The third kappa shape index (κ3) is 1.62. The Bertz CT molecular complexity index is 492. The van der Waals surface area contributed by atoms with Gasteiger partial charge in [0.05, 0.1) is 11.5 Å². The third-order valence-corrected chi connectivity index (χ3v) is 5.42. The van der Waals surface area contributed by atoms with E-state index < -0.39 is 5.60 Å². The summed E-state index contributed by atoms with van der Waals surface area (Å²) in [5.74, 6) is -0.205. The van der Waals surface area contributed by atoms with E-state index in [2.05, 4.69) is 0 Å². The largest absolute Gasteiger partial charge is 0.462 e. The first-order chi connectivity index (χ1) is 8.84. The predicted octanol–water partition coefficient (Wildman–Crippen LogP) is 1.61. The summed E-state index contributed by atoms with van der Waals surface area (Å²) in [4.78, 5) is 23.6. The number of carbonyl (C=O) groups is 2. The van der Waals surface area contributed by atoms with E-state index in [4.69, 9.17) is 4.74 Å². The summed E-state index contributed by atoms with van der Waals surface area (Å²) in [6, 6.07) is 0. The number of aliphatic hydroxyl groups is 1. The van der Waals surface area contributed by atoms with Crippen LogP contribution in [0.3, 0.4) is 0 Å². The Morgan fingerprint density at radius 2 is 2.00 bits per heavy atom. The van der Waals surface area contributed by atoms with Crippen LogP contribution in [0.5, 0.6) is 0 Å². The number of hydrogen-bond donors (Lipinski definition) is 1. The summed E-state index contributed by atoms with van der Waals surface area (Å²) in [5.41, 5.74) is 0.529. The van der Waals surface area contributed by atoms with Crippen LogP contribution in [0.15, 0.2) is 11.1 Å². The van der Waals surface area contributed by atoms with E-state index in [1.165, 1.54) is 0 Å². The molecule has 4 nitrogen and oxygen atoms in total. The van der Waals surface area contributed by atoms with E-state index in [1.807, 2.05) is 13.8 Å². The third-order valence-electron chi connectivity index (χ3n) is 5.42. The van der Waals surface area contributed by atoms with E-state index in [9.17, 15) is 14.7 Å². The maximum atomic E-state index is 11.9. The second-order valence-corrected chi connectivity index (χ2v) is 6.40. The van der Waals surface area contributed by atoms with Gasteiger partial charge < -0.3 is 9.84 Å². The lowest BCUT2D eigenvalue weighted by Crippen LogP contribution is -2.37. The van der Waals surface area contributed by atoms with Crippen molar-refractivity contribution in [3.63, 3.8) is 0 Å². The normalized spacial score (nSPS) is 45.9. The highest BCUT2D eigenvalue weighted by atomic mass is 16.6. The van der Waals surface area contributed by atoms with Gasteiger partial charge in [0, 0.05) is 12.3 Å². The number of rotatable bonds is 0. The molecule has 19 heavy (non-hydrogen) atoms. The summed E-state index contributed by atoms with van der Waals surface area (Å²) in [6.45, 7) is 5.63. The van der Waals surface area contributed by atoms with Crippen LogP contribution in [0, 0.1) is 17.8 Å². The highest BCUT2D eigenvalue weighted by Gasteiger charge is 2.54. The molecule has 0 unspecified atom stereocenters. The SMILES string of the molecule is CC1=C2C[C@H]3[C@@H](C[C@H](C)[C@]2(O)CC1=O)OC(=O)[C@@H]3C. The van der Waals surface area contributed by atoms with Crippen LogP contribution < -0.4 is 0 Å². The number of hydrogen-bond acceptors (Lipinski definition) is 4. The van der Waals surface area contributed by atoms with Crippen molar-refractivity contribution >= 4 is 11.8 Å². The van der Waals surface area contributed by atoms with Crippen molar-refractivity contribution in [3.05, 3.63) is 11.1 Å². The zero-order chi connectivity index (χ0) is 13.9. The topological polar surface area (TPSA) is 63.6 Å². The van der Waals surface area contributed by atoms with E-state index in [-0.39, 0.29) is 42.0 Å². The Labute approximate surface area is 112 Å². The Morgan fingerprint density at radius 1 is 1.32 bits per heavy atom. The molecule has 0 aromatic heterocycles. The van der Waals surface area contributed by atoms with Gasteiger partial charge in [0.25, 0.3) is 0 Å². The second kappa shape index (κ2) is 3.92. The van der Waals surface area contributed by atoms with Crippen molar-refractivity contribution in [3.8, 4) is 0 Å². The molecule has 1 aliphatic heterocycles. The molecule has 0 spiro atoms. The van der Waals surface area contributed by atoms with E-state index in [1.54, 1.807) is 6.92 Å². The highest BCUT2D eigenvalue weighted by molar-refractivity contribution is 6.00. The van der Waals surface area contributed by atoms with Crippen molar-refractivity contribution in [1.29, 1.82) is 0 Å². The molecule has 0 aromatic rings. The number of esters is 1. The van der Waals surface area contributed by atoms with Gasteiger partial charge >= 0.3 is 5.97 Å². The fraction of sp³-hybridized carbons (Fsp3) is 0.733. The first-order valence-corrected chi connectivity index (χ1v) is 7.01. The lowest BCUT2D eigenvalue weighted by molar-refractivity contribution is -0.145. The Morgan fingerprint density at radius 3 is 2.68 bits per heavy atom. The Kier molecular flexibility index (Phi) is 2.65. The average Bonchev–Trinajstić information content (AvgIpc) is 2.68. The van der Waals surface area contributed by atoms with Crippen molar-refractivity contribution in [2.24, 2.45) is 17.8 Å². The summed E-state index contributed by atoms with van der Waals surface area (Å²) in [5, 5.41) is 10.9. The molecule has 1 N–H and O–H groups in total. The first-order valence-electron chi connectivity index (χ1n) is 7.01. The molecule has 1 saturated carbocycles. The molecule has 1 heterocycles. The van der Waals surface area contributed by atoms with Crippen LogP contribution in [0.2, 0.25) is 0 Å². The molecule has 104 valence electrons. The van der Waals surface area contributed by atoms with Gasteiger partial charge in [0.2, 0.25) is 0 Å². The smallest absolute Gasteiger partial charge is 0.309 e. The number of ketones is 1. The molecule has 4 heteroatoms. The Hall–Kier alpha value is -1.16. The van der Waals surface area contributed by atoms with Crippen LogP contribution in [-0.4, -0.2) is 28.6 Å². The molecule has 2 aliphatic carbocycles. The van der Waals surface area contributed by atoms with Crippen LogP contribution in [0.25, 0.3) is 0 Å². The quantitative estimate of drug-likeness (QED) is 0.675. The van der Waals surface area contributed by atoms with Crippen molar-refractivity contribution in [2.75, 3.05) is 0 Å². The molecule has 0 radical (unpaired) electrons.